The summed E-state index contributed by atoms with van der Waals surface area (Å²) in [5, 5.41) is 13.0. The van der Waals surface area contributed by atoms with Crippen LogP contribution in [0.4, 0.5) is 8.78 Å². The normalized spacial score (nSPS) is 12.4. The third-order valence-electron chi connectivity index (χ3n) is 2.89. The molecule has 1 unspecified atom stereocenters. The Morgan fingerprint density at radius 2 is 1.85 bits per heavy atom. The molecule has 0 amide bonds. The van der Waals surface area contributed by atoms with Crippen LogP contribution in [0.1, 0.15) is 17.2 Å². The minimum absolute atomic E-state index is 0.256. The van der Waals surface area contributed by atoms with Gasteiger partial charge in [0.05, 0.1) is 6.10 Å². The molecule has 2 rings (SSSR count). The molecule has 0 aliphatic rings. The molecule has 2 N–H and O–H groups in total. The number of nitrogens with one attached hydrogen (secondary N) is 1. The van der Waals surface area contributed by atoms with Crippen LogP contribution in [0, 0.1) is 11.6 Å². The van der Waals surface area contributed by atoms with Gasteiger partial charge in [-0.3, -0.25) is 0 Å². The molecule has 0 aromatic heterocycles. The van der Waals surface area contributed by atoms with Crippen LogP contribution in [0.15, 0.2) is 46.9 Å². The van der Waals surface area contributed by atoms with Crippen molar-refractivity contribution in [3.05, 3.63) is 69.7 Å². The molecule has 0 saturated carbocycles. The quantitative estimate of drug-likeness (QED) is 0.871. The molecule has 0 radical (unpaired) electrons. The van der Waals surface area contributed by atoms with Crippen molar-refractivity contribution < 1.29 is 13.9 Å². The molecule has 0 saturated heterocycles. The molecule has 1 atom stereocenters. The number of aliphatic hydroxyl groups is 1. The van der Waals surface area contributed by atoms with Gasteiger partial charge in [-0.1, -0.05) is 28.1 Å². The van der Waals surface area contributed by atoms with Crippen LogP contribution < -0.4 is 5.32 Å². The van der Waals surface area contributed by atoms with Gasteiger partial charge in [-0.2, -0.15) is 0 Å². The average Bonchev–Trinajstić information content (AvgIpc) is 2.42. The lowest BCUT2D eigenvalue weighted by atomic mass is 10.1. The van der Waals surface area contributed by atoms with Gasteiger partial charge < -0.3 is 10.4 Å². The molecule has 2 aromatic rings. The molecule has 2 aromatic carbocycles. The Hall–Kier alpha value is -1.30. The van der Waals surface area contributed by atoms with E-state index in [0.29, 0.717) is 12.1 Å². The summed E-state index contributed by atoms with van der Waals surface area (Å²) in [6.07, 6.45) is -0.807. The molecule has 20 heavy (non-hydrogen) atoms. The van der Waals surface area contributed by atoms with Gasteiger partial charge in [-0.05, 0) is 41.5 Å². The lowest BCUT2D eigenvalue weighted by Gasteiger charge is -2.13. The summed E-state index contributed by atoms with van der Waals surface area (Å²) in [4.78, 5) is 0. The first-order valence-electron chi connectivity index (χ1n) is 6.14. The van der Waals surface area contributed by atoms with Gasteiger partial charge in [0.25, 0.3) is 0 Å². The van der Waals surface area contributed by atoms with Crippen LogP contribution in [-0.4, -0.2) is 11.7 Å². The van der Waals surface area contributed by atoms with Crippen molar-refractivity contribution in [1.29, 1.82) is 0 Å². The summed E-state index contributed by atoms with van der Waals surface area (Å²) in [6, 6.07) is 10.3. The van der Waals surface area contributed by atoms with Crippen molar-refractivity contribution in [1.82, 2.24) is 5.32 Å². The largest absolute Gasteiger partial charge is 0.387 e. The van der Waals surface area contributed by atoms with Gasteiger partial charge in [0, 0.05) is 17.6 Å². The van der Waals surface area contributed by atoms with Crippen molar-refractivity contribution in [2.75, 3.05) is 6.54 Å². The van der Waals surface area contributed by atoms with E-state index >= 15 is 0 Å². The number of hydrogen-bond acceptors (Lipinski definition) is 2. The van der Waals surface area contributed by atoms with E-state index in [4.69, 9.17) is 0 Å². The summed E-state index contributed by atoms with van der Waals surface area (Å²) in [5.74, 6) is -0.690. The molecule has 0 fully saturated rings. The zero-order chi connectivity index (χ0) is 14.5. The number of benzene rings is 2. The Labute approximate surface area is 124 Å². The number of rotatable bonds is 5. The van der Waals surface area contributed by atoms with Crippen LogP contribution in [0.25, 0.3) is 0 Å². The first-order chi connectivity index (χ1) is 9.56. The number of halogens is 3. The summed E-state index contributed by atoms with van der Waals surface area (Å²) in [5.41, 5.74) is 1.27. The van der Waals surface area contributed by atoms with Crippen molar-refractivity contribution >= 4 is 15.9 Å². The van der Waals surface area contributed by atoms with E-state index in [1.54, 1.807) is 18.2 Å². The standard InChI is InChI=1S/C15H14BrF2NO/c16-14-5-4-13(18)7-11(14)8-19-9-15(20)10-2-1-3-12(17)6-10/h1-7,15,19-20H,8-9H2. The maximum atomic E-state index is 13.1. The van der Waals surface area contributed by atoms with Gasteiger partial charge in [-0.15, -0.1) is 0 Å². The van der Waals surface area contributed by atoms with Crippen molar-refractivity contribution in [2.45, 2.75) is 12.6 Å². The van der Waals surface area contributed by atoms with Crippen LogP contribution in [0.5, 0.6) is 0 Å². The highest BCUT2D eigenvalue weighted by Crippen LogP contribution is 2.18. The van der Waals surface area contributed by atoms with Gasteiger partial charge in [-0.25, -0.2) is 8.78 Å². The summed E-state index contributed by atoms with van der Waals surface area (Å²) in [6.45, 7) is 0.664. The predicted octanol–water partition coefficient (Wildman–Crippen LogP) is 3.55. The fraction of sp³-hybridized carbons (Fsp3) is 0.200. The first-order valence-corrected chi connectivity index (χ1v) is 6.94. The van der Waals surface area contributed by atoms with Gasteiger partial charge in [0.1, 0.15) is 11.6 Å². The predicted molar refractivity (Wildman–Crippen MR) is 77.2 cm³/mol. The minimum atomic E-state index is -0.807. The molecule has 106 valence electrons. The Bertz CT molecular complexity index is 592. The molecular formula is C15H14BrF2NO. The second kappa shape index (κ2) is 6.92. The maximum absolute atomic E-state index is 13.1. The van der Waals surface area contributed by atoms with Gasteiger partial charge in [0.15, 0.2) is 0 Å². The van der Waals surface area contributed by atoms with Crippen LogP contribution in [-0.2, 0) is 6.54 Å². The highest BCUT2D eigenvalue weighted by molar-refractivity contribution is 9.10. The van der Waals surface area contributed by atoms with Crippen molar-refractivity contribution in [2.24, 2.45) is 0 Å². The smallest absolute Gasteiger partial charge is 0.123 e. The lowest BCUT2D eigenvalue weighted by Crippen LogP contribution is -2.21. The lowest BCUT2D eigenvalue weighted by molar-refractivity contribution is 0.174. The third-order valence-corrected chi connectivity index (χ3v) is 3.67. The molecule has 0 aliphatic heterocycles. The topological polar surface area (TPSA) is 32.3 Å². The van der Waals surface area contributed by atoms with E-state index in [1.165, 1.54) is 24.3 Å². The van der Waals surface area contributed by atoms with E-state index in [1.807, 2.05) is 0 Å². The maximum Gasteiger partial charge on any atom is 0.123 e. The highest BCUT2D eigenvalue weighted by Gasteiger charge is 2.08. The monoisotopic (exact) mass is 341 g/mol. The second-order valence-electron chi connectivity index (χ2n) is 4.44. The number of hydrogen-bond donors (Lipinski definition) is 2. The van der Waals surface area contributed by atoms with E-state index in [2.05, 4.69) is 21.2 Å². The van der Waals surface area contributed by atoms with E-state index in [9.17, 15) is 13.9 Å². The Kier molecular flexibility index (Phi) is 5.23. The molecule has 5 heteroatoms. The molecular weight excluding hydrogens is 328 g/mol. The van der Waals surface area contributed by atoms with Crippen LogP contribution >= 0.6 is 15.9 Å². The van der Waals surface area contributed by atoms with Crippen molar-refractivity contribution in [3.8, 4) is 0 Å². The molecule has 0 heterocycles. The van der Waals surface area contributed by atoms with Crippen molar-refractivity contribution in [3.63, 3.8) is 0 Å². The fourth-order valence-electron chi connectivity index (χ4n) is 1.85. The third kappa shape index (κ3) is 4.10. The van der Waals surface area contributed by atoms with Crippen LogP contribution in [0.3, 0.4) is 0 Å². The summed E-state index contributed by atoms with van der Waals surface area (Å²) >= 11 is 3.33. The van der Waals surface area contributed by atoms with E-state index in [0.717, 1.165) is 10.0 Å². The average molecular weight is 342 g/mol. The minimum Gasteiger partial charge on any atom is -0.387 e. The summed E-state index contributed by atoms with van der Waals surface area (Å²) in [7, 11) is 0. The molecule has 0 spiro atoms. The Morgan fingerprint density at radius 1 is 1.10 bits per heavy atom. The SMILES string of the molecule is OC(CNCc1cc(F)ccc1Br)c1cccc(F)c1. The van der Waals surface area contributed by atoms with Crippen LogP contribution in [0.2, 0.25) is 0 Å². The van der Waals surface area contributed by atoms with E-state index in [-0.39, 0.29) is 18.2 Å². The Morgan fingerprint density at radius 3 is 2.60 bits per heavy atom. The number of aliphatic hydroxyl groups excluding tert-OH is 1. The van der Waals surface area contributed by atoms with Gasteiger partial charge >= 0.3 is 0 Å². The van der Waals surface area contributed by atoms with Gasteiger partial charge in [0.2, 0.25) is 0 Å². The zero-order valence-corrected chi connectivity index (χ0v) is 12.2. The second-order valence-corrected chi connectivity index (χ2v) is 5.29. The molecule has 0 aliphatic carbocycles. The van der Waals surface area contributed by atoms with E-state index < -0.39 is 6.10 Å². The molecule has 0 bridgehead atoms. The summed E-state index contributed by atoms with van der Waals surface area (Å²) < 4.78 is 26.9. The molecule has 2 nitrogen and oxygen atoms in total. The highest BCUT2D eigenvalue weighted by atomic mass is 79.9. The Balaban J connectivity index is 1.91. The zero-order valence-electron chi connectivity index (χ0n) is 10.6. The fourth-order valence-corrected chi connectivity index (χ4v) is 2.24. The first kappa shape index (κ1) is 15.1.